The van der Waals surface area contributed by atoms with E-state index in [-0.39, 0.29) is 17.0 Å². The Morgan fingerprint density at radius 2 is 1.73 bits per heavy atom. The third kappa shape index (κ3) is 3.57. The van der Waals surface area contributed by atoms with Gasteiger partial charge in [0, 0.05) is 11.6 Å². The van der Waals surface area contributed by atoms with E-state index in [2.05, 4.69) is 51.0 Å². The van der Waals surface area contributed by atoms with Gasteiger partial charge in [-0.05, 0) is 13.8 Å². The van der Waals surface area contributed by atoms with Crippen LogP contribution in [-0.2, 0) is 33.1 Å². The molecule has 2 aromatic rings. The number of para-hydroxylation sites is 1. The molecule has 5 nitrogen and oxygen atoms in total. The number of carbonyl (C=O) groups is 1. The Kier molecular flexibility index (Phi) is 5.70. The van der Waals surface area contributed by atoms with Crippen LogP contribution >= 0.6 is 0 Å². The predicted octanol–water partition coefficient (Wildman–Crippen LogP) is 5.45. The molecule has 0 fully saturated rings. The monoisotopic (exact) mass is 540 g/mol. The molecule has 0 bridgehead atoms. The first-order chi connectivity index (χ1) is 17.3. The van der Waals surface area contributed by atoms with Gasteiger partial charge in [0.25, 0.3) is 0 Å². The summed E-state index contributed by atoms with van der Waals surface area (Å²) in [6, 6.07) is 14.0. The summed E-state index contributed by atoms with van der Waals surface area (Å²) in [7, 11) is 3.95. The summed E-state index contributed by atoms with van der Waals surface area (Å²) in [5, 5.41) is 11.0. The molecule has 1 aliphatic carbocycles. The van der Waals surface area contributed by atoms with Crippen LogP contribution in [0.4, 0.5) is 11.4 Å². The second kappa shape index (κ2) is 8.33. The molecular weight excluding hydrogens is 507 g/mol. The molecule has 2 aromatic carbocycles. The number of fused-ring (bicyclic) bond motifs is 2. The average molecular weight is 541 g/mol. The van der Waals surface area contributed by atoms with Crippen molar-refractivity contribution in [1.29, 1.82) is 0 Å². The molecule has 0 saturated carbocycles. The van der Waals surface area contributed by atoms with Crippen molar-refractivity contribution in [3.05, 3.63) is 99.4 Å². The topological polar surface area (TPSA) is 60.6 Å². The Morgan fingerprint density at radius 3 is 2.35 bits per heavy atom. The van der Waals surface area contributed by atoms with Crippen molar-refractivity contribution in [2.24, 2.45) is 0 Å². The van der Waals surface area contributed by atoms with Gasteiger partial charge < -0.3 is 0 Å². The van der Waals surface area contributed by atoms with E-state index >= 15 is 0 Å². The molecule has 0 radical (unpaired) electrons. The molecule has 0 saturated heterocycles. The molecule has 5 rings (SSSR count). The first-order valence-corrected chi connectivity index (χ1v) is 13.7. The molecule has 193 valence electrons. The first-order valence-electron chi connectivity index (χ1n) is 12.3. The molecule has 1 N–H and O–H groups in total. The molecule has 0 aromatic heterocycles. The van der Waals surface area contributed by atoms with Crippen molar-refractivity contribution in [2.45, 2.75) is 45.4 Å². The van der Waals surface area contributed by atoms with Crippen LogP contribution in [0, 0.1) is 0 Å². The molecule has 2 heterocycles. The van der Waals surface area contributed by atoms with Gasteiger partial charge in [-0.25, -0.2) is 0 Å². The second-order valence-electron chi connectivity index (χ2n) is 10.9. The van der Waals surface area contributed by atoms with E-state index in [4.69, 9.17) is 0 Å². The van der Waals surface area contributed by atoms with Gasteiger partial charge in [-0.15, -0.1) is 0 Å². The van der Waals surface area contributed by atoms with Crippen LogP contribution in [0.3, 0.4) is 0 Å². The molecule has 6 heteroatoms. The molecule has 0 atom stereocenters. The normalized spacial score (nSPS) is 22.0. The third-order valence-corrected chi connectivity index (χ3v) is 9.59. The van der Waals surface area contributed by atoms with Crippen LogP contribution in [-0.4, -0.2) is 35.3 Å². The van der Waals surface area contributed by atoms with Crippen molar-refractivity contribution in [3.8, 4) is 0 Å². The Morgan fingerprint density at radius 1 is 1.05 bits per heavy atom. The third-order valence-electron chi connectivity index (χ3n) is 7.92. The first kappa shape index (κ1) is 25.3. The van der Waals surface area contributed by atoms with Crippen molar-refractivity contribution in [3.63, 3.8) is 0 Å². The molecule has 37 heavy (non-hydrogen) atoms. The van der Waals surface area contributed by atoms with Crippen LogP contribution in [0.15, 0.2) is 88.3 Å². The molecular formula is C31H33CoN2O3+. The van der Waals surface area contributed by atoms with Gasteiger partial charge in [0.15, 0.2) is 0 Å². The van der Waals surface area contributed by atoms with Crippen LogP contribution in [0.2, 0.25) is 0 Å². The molecule has 2 aliphatic heterocycles. The number of anilines is 1. The van der Waals surface area contributed by atoms with Crippen molar-refractivity contribution >= 4 is 27.4 Å². The van der Waals surface area contributed by atoms with E-state index in [9.17, 15) is 13.8 Å². The number of aliphatic hydroxyl groups is 1. The van der Waals surface area contributed by atoms with Gasteiger partial charge in [0.1, 0.15) is 7.05 Å². The van der Waals surface area contributed by atoms with E-state index in [1.54, 1.807) is 13.0 Å². The zero-order valence-corrected chi connectivity index (χ0v) is 23.4. The fraction of sp³-hybridized carbons (Fsp3) is 0.290. The number of allylic oxidation sites excluding steroid dienone is 6. The summed E-state index contributed by atoms with van der Waals surface area (Å²) >= 11 is -1.65. The maximum absolute atomic E-state index is 13.3. The van der Waals surface area contributed by atoms with E-state index < -0.39 is 19.0 Å². The second-order valence-corrected chi connectivity index (χ2v) is 13.1. The number of carbonyl (C=O) groups excluding carboxylic acids is 1. The summed E-state index contributed by atoms with van der Waals surface area (Å²) in [6.07, 6.45) is 3.63. The Hall–Kier alpha value is -3.35. The number of benzene rings is 2. The summed E-state index contributed by atoms with van der Waals surface area (Å²) in [4.78, 5) is 15.4. The van der Waals surface area contributed by atoms with E-state index in [1.807, 2.05) is 55.4 Å². The van der Waals surface area contributed by atoms with Crippen LogP contribution < -0.4 is 9.40 Å². The van der Waals surface area contributed by atoms with Gasteiger partial charge in [-0.1, -0.05) is 18.2 Å². The van der Waals surface area contributed by atoms with Gasteiger partial charge in [-0.2, -0.15) is 0 Å². The molecule has 3 aliphatic rings. The Bertz CT molecular complexity index is 1570. The van der Waals surface area contributed by atoms with Crippen LogP contribution in [0.5, 0.6) is 0 Å². The van der Waals surface area contributed by atoms with Gasteiger partial charge in [0.05, 0.1) is 0 Å². The van der Waals surface area contributed by atoms with Crippen molar-refractivity contribution in [2.75, 3.05) is 19.0 Å². The standard InChI is InChI=1S/C28H27N2O2.C3H5.Co.O/c1-27(2)19-11-7-9-13-21(19)29(5)23(27)15-17-25(31)18(26(17)32)16-24-28(3,4)20-12-8-10-14-22(20)30(24)6;1-3-2;;/h7,9-16H,1-6H3;1H2,2H3;;/p+1. The van der Waals surface area contributed by atoms with Gasteiger partial charge >= 0.3 is 167 Å². The van der Waals surface area contributed by atoms with E-state index in [0.29, 0.717) is 15.7 Å². The summed E-state index contributed by atoms with van der Waals surface area (Å²) in [5.41, 5.74) is 6.14. The van der Waals surface area contributed by atoms with E-state index in [1.165, 1.54) is 5.56 Å². The number of ketones is 1. The zero-order chi connectivity index (χ0) is 27.0. The SMILES string of the molecule is C=[C](C)[Co](=[O])[c]1ccc2c(c1)C(C)(C)C(=CC1=C(O)C(=CC3=[N+](C)c4ccccc4C3(C)C)C1=O)N2C. The van der Waals surface area contributed by atoms with Crippen LogP contribution in [0.25, 0.3) is 0 Å². The number of Topliss-reactive ketones (excluding diaryl/α,β-unsaturated/α-hetero) is 1. The number of likely N-dealkylation sites (N-methyl/N-ethyl adjacent to an activating group) is 1. The summed E-state index contributed by atoms with van der Waals surface area (Å²) < 4.78 is 16.2. The fourth-order valence-electron chi connectivity index (χ4n) is 5.76. The van der Waals surface area contributed by atoms with Crippen LogP contribution in [0.1, 0.15) is 45.7 Å². The minimum atomic E-state index is -1.65. The molecule has 0 unspecified atom stereocenters. The number of aliphatic hydroxyl groups excluding tert-OH is 1. The quantitative estimate of drug-likeness (QED) is 0.414. The number of rotatable bonds is 4. The fourth-order valence-corrected chi connectivity index (χ4v) is 6.80. The van der Waals surface area contributed by atoms with Gasteiger partial charge in [-0.3, -0.25) is 0 Å². The zero-order valence-electron chi connectivity index (χ0n) is 22.4. The predicted molar refractivity (Wildman–Crippen MR) is 144 cm³/mol. The summed E-state index contributed by atoms with van der Waals surface area (Å²) in [6.45, 7) is 14.1. The van der Waals surface area contributed by atoms with E-state index in [0.717, 1.165) is 32.8 Å². The number of hydrogen-bond acceptors (Lipinski definition) is 4. The summed E-state index contributed by atoms with van der Waals surface area (Å²) in [5.74, 6) is -0.139. The Balaban J connectivity index is 1.53. The van der Waals surface area contributed by atoms with Crippen molar-refractivity contribution < 1.29 is 31.9 Å². The molecule has 0 amide bonds. The van der Waals surface area contributed by atoms with Gasteiger partial charge in [0.2, 0.25) is 5.69 Å². The maximum atomic E-state index is 13.3. The molecule has 0 spiro atoms. The number of nitrogens with zero attached hydrogens (tertiary/aromatic N) is 2. The Labute approximate surface area is 222 Å². The van der Waals surface area contributed by atoms with Crippen molar-refractivity contribution in [1.82, 2.24) is 0 Å². The minimum absolute atomic E-state index is 0.0243. The average Bonchev–Trinajstić information content (AvgIpc) is 3.17. The number of hydrogen-bond donors (Lipinski definition) is 1.